The molecule has 2 aromatic rings. The summed E-state index contributed by atoms with van der Waals surface area (Å²) in [5.41, 5.74) is 18.0. The molecule has 0 bridgehead atoms. The highest BCUT2D eigenvalue weighted by Gasteiger charge is 2.47. The summed E-state index contributed by atoms with van der Waals surface area (Å²) in [7, 11) is 0. The molecule has 110 valence electrons. The second-order valence-corrected chi connectivity index (χ2v) is 6.92. The van der Waals surface area contributed by atoms with E-state index in [2.05, 4.69) is 45.0 Å². The molecular formula is C19H24N2. The maximum Gasteiger partial charge on any atom is 0.0317 e. The molecule has 21 heavy (non-hydrogen) atoms. The van der Waals surface area contributed by atoms with E-state index >= 15 is 0 Å². The Hall–Kier alpha value is -1.96. The highest BCUT2D eigenvalue weighted by Crippen LogP contribution is 2.55. The van der Waals surface area contributed by atoms with Gasteiger partial charge in [0.15, 0.2) is 0 Å². The topological polar surface area (TPSA) is 52.0 Å². The van der Waals surface area contributed by atoms with Gasteiger partial charge in [-0.3, -0.25) is 0 Å². The molecule has 4 N–H and O–H groups in total. The number of nitrogen functional groups attached to an aromatic ring is 2. The Morgan fingerprint density at radius 1 is 0.905 bits per heavy atom. The molecule has 3 rings (SSSR count). The fraction of sp³-hybridized carbons (Fsp3) is 0.368. The highest BCUT2D eigenvalue weighted by atomic mass is 14.6. The molecule has 2 heteroatoms. The predicted molar refractivity (Wildman–Crippen MR) is 90.4 cm³/mol. The maximum atomic E-state index is 6.08. The zero-order chi connectivity index (χ0) is 15.3. The minimum Gasteiger partial charge on any atom is -0.399 e. The maximum absolute atomic E-state index is 6.08. The molecule has 2 nitrogen and oxygen atoms in total. The van der Waals surface area contributed by atoms with Gasteiger partial charge in [0.2, 0.25) is 0 Å². The van der Waals surface area contributed by atoms with Gasteiger partial charge in [-0.25, -0.2) is 0 Å². The van der Waals surface area contributed by atoms with Crippen LogP contribution in [0.5, 0.6) is 0 Å². The van der Waals surface area contributed by atoms with Crippen LogP contribution in [0.3, 0.4) is 0 Å². The fourth-order valence-electron chi connectivity index (χ4n) is 4.07. The number of benzene rings is 2. The van der Waals surface area contributed by atoms with E-state index < -0.39 is 0 Å². The van der Waals surface area contributed by atoms with Gasteiger partial charge < -0.3 is 11.5 Å². The number of fused-ring (bicyclic) bond motifs is 1. The third kappa shape index (κ3) is 2.01. The lowest BCUT2D eigenvalue weighted by Crippen LogP contribution is -2.26. The summed E-state index contributed by atoms with van der Waals surface area (Å²) in [6, 6.07) is 14.8. The Bertz CT molecular complexity index is 670. The van der Waals surface area contributed by atoms with Gasteiger partial charge in [0.05, 0.1) is 0 Å². The van der Waals surface area contributed by atoms with Gasteiger partial charge in [-0.15, -0.1) is 0 Å². The Morgan fingerprint density at radius 2 is 1.52 bits per heavy atom. The first-order valence-corrected chi connectivity index (χ1v) is 7.65. The second-order valence-electron chi connectivity index (χ2n) is 6.92. The van der Waals surface area contributed by atoms with Crippen LogP contribution in [0, 0.1) is 0 Å². The molecule has 2 aromatic carbocycles. The Morgan fingerprint density at radius 3 is 2.14 bits per heavy atom. The van der Waals surface area contributed by atoms with Crippen LogP contribution in [0.2, 0.25) is 0 Å². The minimum absolute atomic E-state index is 0.0436. The molecule has 0 aromatic heterocycles. The number of hydrogen-bond donors (Lipinski definition) is 2. The van der Waals surface area contributed by atoms with Crippen molar-refractivity contribution >= 4 is 11.4 Å². The normalized spacial score (nSPS) is 23.0. The third-order valence-corrected chi connectivity index (χ3v) is 5.10. The van der Waals surface area contributed by atoms with Crippen molar-refractivity contribution in [3.8, 4) is 0 Å². The molecule has 0 saturated heterocycles. The average Bonchev–Trinajstić information content (AvgIpc) is 2.68. The first-order chi connectivity index (χ1) is 9.89. The van der Waals surface area contributed by atoms with E-state index in [1.807, 2.05) is 18.2 Å². The van der Waals surface area contributed by atoms with E-state index in [4.69, 9.17) is 11.5 Å². The number of anilines is 2. The van der Waals surface area contributed by atoms with Crippen LogP contribution in [0.1, 0.15) is 50.3 Å². The SMILES string of the molecule is CCC1(c2ccc(N)cc2)CC(C)(C)c2ccc(N)cc21. The molecule has 0 spiro atoms. The van der Waals surface area contributed by atoms with Crippen LogP contribution in [0.15, 0.2) is 42.5 Å². The Balaban J connectivity index is 2.25. The van der Waals surface area contributed by atoms with Gasteiger partial charge in [0.25, 0.3) is 0 Å². The van der Waals surface area contributed by atoms with Crippen LogP contribution in [0.25, 0.3) is 0 Å². The van der Waals surface area contributed by atoms with E-state index in [1.54, 1.807) is 0 Å². The van der Waals surface area contributed by atoms with Gasteiger partial charge in [-0.2, -0.15) is 0 Å². The van der Waals surface area contributed by atoms with Gasteiger partial charge >= 0.3 is 0 Å². The molecule has 0 saturated carbocycles. The number of rotatable bonds is 2. The minimum atomic E-state index is 0.0436. The molecule has 0 fully saturated rings. The second kappa shape index (κ2) is 4.52. The molecule has 0 radical (unpaired) electrons. The van der Waals surface area contributed by atoms with Crippen molar-refractivity contribution in [3.63, 3.8) is 0 Å². The lowest BCUT2D eigenvalue weighted by molar-refractivity contribution is 0.391. The summed E-state index contributed by atoms with van der Waals surface area (Å²) in [5, 5.41) is 0. The van der Waals surface area contributed by atoms with Crippen LogP contribution < -0.4 is 11.5 Å². The van der Waals surface area contributed by atoms with Crippen molar-refractivity contribution in [2.75, 3.05) is 11.5 Å². The van der Waals surface area contributed by atoms with Crippen molar-refractivity contribution in [1.29, 1.82) is 0 Å². The first-order valence-electron chi connectivity index (χ1n) is 7.65. The van der Waals surface area contributed by atoms with E-state index in [1.165, 1.54) is 16.7 Å². The molecule has 1 atom stereocenters. The lowest BCUT2D eigenvalue weighted by atomic mass is 9.71. The van der Waals surface area contributed by atoms with E-state index in [-0.39, 0.29) is 10.8 Å². The van der Waals surface area contributed by atoms with E-state index in [0.717, 1.165) is 24.2 Å². The Labute approximate surface area is 127 Å². The average molecular weight is 280 g/mol. The summed E-state index contributed by atoms with van der Waals surface area (Å²) in [4.78, 5) is 0. The predicted octanol–water partition coefficient (Wildman–Crippen LogP) is 4.23. The smallest absolute Gasteiger partial charge is 0.0317 e. The van der Waals surface area contributed by atoms with Crippen LogP contribution in [0.4, 0.5) is 11.4 Å². The van der Waals surface area contributed by atoms with Crippen molar-refractivity contribution in [2.24, 2.45) is 0 Å². The van der Waals surface area contributed by atoms with Gasteiger partial charge in [0.1, 0.15) is 0 Å². The fourth-order valence-corrected chi connectivity index (χ4v) is 4.07. The molecule has 1 aliphatic rings. The summed E-state index contributed by atoms with van der Waals surface area (Å²) in [6.07, 6.45) is 2.18. The molecular weight excluding hydrogens is 256 g/mol. The van der Waals surface area contributed by atoms with Crippen LogP contribution >= 0.6 is 0 Å². The first kappa shape index (κ1) is 14.0. The summed E-state index contributed by atoms with van der Waals surface area (Å²) in [6.45, 7) is 6.93. The standard InChI is InChI=1S/C19H24N2/c1-4-19(13-5-7-14(20)8-6-13)12-18(2,3)16-10-9-15(21)11-17(16)19/h5-11H,4,12,20-21H2,1-3H3. The molecule has 1 aliphatic carbocycles. The zero-order valence-corrected chi connectivity index (χ0v) is 13.1. The quantitative estimate of drug-likeness (QED) is 0.809. The summed E-state index contributed by atoms with van der Waals surface area (Å²) in [5.74, 6) is 0. The molecule has 1 unspecified atom stereocenters. The van der Waals surface area contributed by atoms with Gasteiger partial charge in [0, 0.05) is 16.8 Å². The van der Waals surface area contributed by atoms with Gasteiger partial charge in [-0.05, 0) is 59.2 Å². The van der Waals surface area contributed by atoms with Crippen molar-refractivity contribution in [2.45, 2.75) is 44.4 Å². The monoisotopic (exact) mass is 280 g/mol. The van der Waals surface area contributed by atoms with Crippen molar-refractivity contribution in [1.82, 2.24) is 0 Å². The number of hydrogen-bond acceptors (Lipinski definition) is 2. The summed E-state index contributed by atoms with van der Waals surface area (Å²) < 4.78 is 0. The van der Waals surface area contributed by atoms with Crippen molar-refractivity contribution in [3.05, 3.63) is 59.2 Å². The third-order valence-electron chi connectivity index (χ3n) is 5.10. The lowest BCUT2D eigenvalue weighted by Gasteiger charge is -2.32. The summed E-state index contributed by atoms with van der Waals surface area (Å²) >= 11 is 0. The molecule has 0 heterocycles. The zero-order valence-electron chi connectivity index (χ0n) is 13.1. The highest BCUT2D eigenvalue weighted by molar-refractivity contribution is 5.58. The molecule has 0 aliphatic heterocycles. The largest absolute Gasteiger partial charge is 0.399 e. The van der Waals surface area contributed by atoms with Crippen LogP contribution in [-0.2, 0) is 10.8 Å². The molecule has 0 amide bonds. The van der Waals surface area contributed by atoms with Crippen molar-refractivity contribution < 1.29 is 0 Å². The van der Waals surface area contributed by atoms with Crippen LogP contribution in [-0.4, -0.2) is 0 Å². The Kier molecular flexibility index (Phi) is 3.01. The van der Waals surface area contributed by atoms with E-state index in [0.29, 0.717) is 0 Å². The van der Waals surface area contributed by atoms with Gasteiger partial charge in [-0.1, -0.05) is 39.0 Å². The van der Waals surface area contributed by atoms with E-state index in [9.17, 15) is 0 Å². The number of nitrogens with two attached hydrogens (primary N) is 2.